The number of nitrogens with two attached hydrogens (primary N) is 1. The van der Waals surface area contributed by atoms with Gasteiger partial charge in [-0.15, -0.1) is 0 Å². The molecule has 1 aliphatic rings. The summed E-state index contributed by atoms with van der Waals surface area (Å²) in [6.07, 6.45) is 2.44. The van der Waals surface area contributed by atoms with Crippen molar-refractivity contribution in [3.05, 3.63) is 41.2 Å². The van der Waals surface area contributed by atoms with Gasteiger partial charge in [0, 0.05) is 30.5 Å². The quantitative estimate of drug-likeness (QED) is 0.518. The first-order valence-corrected chi connectivity index (χ1v) is 10.2. The Morgan fingerprint density at radius 2 is 2.07 bits per heavy atom. The van der Waals surface area contributed by atoms with E-state index >= 15 is 0 Å². The van der Waals surface area contributed by atoms with Crippen LogP contribution >= 0.6 is 0 Å². The lowest BCUT2D eigenvalue weighted by atomic mass is 10.1. The molecule has 2 heterocycles. The molecular weight excluding hydrogens is 380 g/mol. The molecule has 0 unspecified atom stereocenters. The van der Waals surface area contributed by atoms with E-state index in [1.807, 2.05) is 38.2 Å². The number of nitrogens with one attached hydrogen (secondary N) is 3. The van der Waals surface area contributed by atoms with E-state index < -0.39 is 5.91 Å². The molecule has 0 aliphatic carbocycles. The van der Waals surface area contributed by atoms with Gasteiger partial charge in [-0.2, -0.15) is 0 Å². The van der Waals surface area contributed by atoms with Crippen LogP contribution in [-0.4, -0.2) is 48.7 Å². The number of primary amides is 1. The maximum absolute atomic E-state index is 12.0. The summed E-state index contributed by atoms with van der Waals surface area (Å²) >= 11 is 0. The Hall–Kier alpha value is -3.15. The number of benzene rings is 1. The minimum absolute atomic E-state index is 0.121. The van der Waals surface area contributed by atoms with Crippen LogP contribution in [0.25, 0.3) is 0 Å². The highest BCUT2D eigenvalue weighted by atomic mass is 16.5. The molecule has 1 saturated heterocycles. The normalized spacial score (nSPS) is 13.9. The molecule has 0 atom stereocenters. The summed E-state index contributed by atoms with van der Waals surface area (Å²) in [6, 6.07) is 7.86. The Kier molecular flexibility index (Phi) is 7.60. The summed E-state index contributed by atoms with van der Waals surface area (Å²) in [7, 11) is 1.85. The lowest BCUT2D eigenvalue weighted by Crippen LogP contribution is -2.29. The fraction of sp³-hybridized carbons (Fsp3) is 0.409. The molecule has 3 rings (SSSR count). The van der Waals surface area contributed by atoms with Gasteiger partial charge in [0.15, 0.2) is 17.3 Å². The molecule has 5 N–H and O–H groups in total. The van der Waals surface area contributed by atoms with E-state index in [1.165, 1.54) is 0 Å². The topological polar surface area (TPSA) is 114 Å². The molecule has 0 bridgehead atoms. The number of hydrogen-bond donors (Lipinski definition) is 4. The highest BCUT2D eigenvalue weighted by Crippen LogP contribution is 2.24. The van der Waals surface area contributed by atoms with Gasteiger partial charge >= 0.3 is 0 Å². The van der Waals surface area contributed by atoms with Crippen LogP contribution in [0.4, 0.5) is 17.3 Å². The Bertz CT molecular complexity index is 944. The zero-order valence-corrected chi connectivity index (χ0v) is 17.4. The van der Waals surface area contributed by atoms with E-state index in [1.54, 1.807) is 0 Å². The van der Waals surface area contributed by atoms with Crippen molar-refractivity contribution in [2.75, 3.05) is 37.4 Å². The van der Waals surface area contributed by atoms with Crippen LogP contribution in [0.3, 0.4) is 0 Å². The maximum atomic E-state index is 12.0. The number of ether oxygens (including phenoxy) is 1. The van der Waals surface area contributed by atoms with Crippen LogP contribution in [0.2, 0.25) is 0 Å². The van der Waals surface area contributed by atoms with Crippen molar-refractivity contribution in [2.45, 2.75) is 32.2 Å². The second-order valence-corrected chi connectivity index (χ2v) is 7.00. The van der Waals surface area contributed by atoms with Crippen molar-refractivity contribution < 1.29 is 9.53 Å². The molecule has 1 fully saturated rings. The molecule has 8 nitrogen and oxygen atoms in total. The third-order valence-electron chi connectivity index (χ3n) is 4.72. The summed E-state index contributed by atoms with van der Waals surface area (Å²) in [4.78, 5) is 21.2. The standard InChI is InChI=1S/C22H28N6O2/c1-3-18-21(25-16-9-12-30-13-10-16)28-22(19(27-18)20(23)29)26-17-8-4-6-15(14-17)7-5-11-24-2/h4,6,8,14,16,24H,3,9-13H2,1-2H3,(H2,23,29)(H2,25,26,28). The van der Waals surface area contributed by atoms with Crippen LogP contribution in [-0.2, 0) is 11.2 Å². The molecule has 1 aliphatic heterocycles. The van der Waals surface area contributed by atoms with Gasteiger partial charge in [-0.05, 0) is 44.5 Å². The minimum Gasteiger partial charge on any atom is -0.381 e. The van der Waals surface area contributed by atoms with Crippen molar-refractivity contribution in [3.8, 4) is 11.8 Å². The van der Waals surface area contributed by atoms with Crippen molar-refractivity contribution in [2.24, 2.45) is 5.73 Å². The van der Waals surface area contributed by atoms with Gasteiger partial charge in [-0.1, -0.05) is 24.8 Å². The van der Waals surface area contributed by atoms with Crippen LogP contribution in [0.5, 0.6) is 0 Å². The van der Waals surface area contributed by atoms with Gasteiger partial charge in [-0.3, -0.25) is 4.79 Å². The first kappa shape index (κ1) is 21.6. The fourth-order valence-electron chi connectivity index (χ4n) is 3.17. The van der Waals surface area contributed by atoms with Crippen LogP contribution in [0.1, 0.15) is 41.5 Å². The Balaban J connectivity index is 1.90. The number of rotatable bonds is 7. The van der Waals surface area contributed by atoms with Crippen LogP contribution in [0.15, 0.2) is 24.3 Å². The van der Waals surface area contributed by atoms with E-state index in [9.17, 15) is 4.79 Å². The third kappa shape index (κ3) is 5.69. The number of aryl methyl sites for hydroxylation is 1. The van der Waals surface area contributed by atoms with Crippen LogP contribution in [0, 0.1) is 11.8 Å². The van der Waals surface area contributed by atoms with Crippen LogP contribution < -0.4 is 21.7 Å². The number of nitrogens with zero attached hydrogens (tertiary/aromatic N) is 2. The highest BCUT2D eigenvalue weighted by molar-refractivity contribution is 5.96. The van der Waals surface area contributed by atoms with E-state index in [0.29, 0.717) is 30.3 Å². The smallest absolute Gasteiger partial charge is 0.271 e. The molecule has 8 heteroatoms. The molecule has 0 spiro atoms. The zero-order valence-electron chi connectivity index (χ0n) is 17.4. The number of anilines is 3. The average Bonchev–Trinajstić information content (AvgIpc) is 2.75. The largest absolute Gasteiger partial charge is 0.381 e. The SMILES string of the molecule is CCc1nc(C(N)=O)c(Nc2cccc(C#CCNC)c2)nc1NC1CCOCC1. The average molecular weight is 409 g/mol. The Labute approximate surface area is 177 Å². The zero-order chi connectivity index (χ0) is 21.3. The van der Waals surface area contributed by atoms with Gasteiger partial charge < -0.3 is 26.4 Å². The molecule has 0 saturated carbocycles. The predicted octanol–water partition coefficient (Wildman–Crippen LogP) is 2.04. The summed E-state index contributed by atoms with van der Waals surface area (Å²) in [5.41, 5.74) is 8.04. The minimum atomic E-state index is -0.623. The molecule has 30 heavy (non-hydrogen) atoms. The third-order valence-corrected chi connectivity index (χ3v) is 4.72. The molecule has 1 amide bonds. The number of carbonyl (C=O) groups excluding carboxylic acids is 1. The Morgan fingerprint density at radius 1 is 1.27 bits per heavy atom. The van der Waals surface area contributed by atoms with Crippen molar-refractivity contribution in [1.29, 1.82) is 0 Å². The lowest BCUT2D eigenvalue weighted by Gasteiger charge is -2.25. The lowest BCUT2D eigenvalue weighted by molar-refractivity contribution is 0.0903. The Morgan fingerprint density at radius 3 is 2.77 bits per heavy atom. The first-order valence-electron chi connectivity index (χ1n) is 10.2. The number of hydrogen-bond acceptors (Lipinski definition) is 7. The fourth-order valence-corrected chi connectivity index (χ4v) is 3.17. The summed E-state index contributed by atoms with van der Waals surface area (Å²) < 4.78 is 5.43. The van der Waals surface area contributed by atoms with E-state index in [-0.39, 0.29) is 11.7 Å². The van der Waals surface area contributed by atoms with Gasteiger partial charge in [0.2, 0.25) is 0 Å². The van der Waals surface area contributed by atoms with Crippen molar-refractivity contribution in [1.82, 2.24) is 15.3 Å². The summed E-state index contributed by atoms with van der Waals surface area (Å²) in [6.45, 7) is 4.02. The second-order valence-electron chi connectivity index (χ2n) is 7.00. The number of carbonyl (C=O) groups is 1. The molecule has 1 aromatic heterocycles. The van der Waals surface area contributed by atoms with Gasteiger partial charge in [0.05, 0.1) is 12.2 Å². The highest BCUT2D eigenvalue weighted by Gasteiger charge is 2.20. The van der Waals surface area contributed by atoms with Gasteiger partial charge in [0.1, 0.15) is 0 Å². The molecular formula is C22H28N6O2. The van der Waals surface area contributed by atoms with E-state index in [4.69, 9.17) is 10.5 Å². The molecule has 2 aromatic rings. The summed E-state index contributed by atoms with van der Waals surface area (Å²) in [5, 5.41) is 9.64. The number of aromatic nitrogens is 2. The maximum Gasteiger partial charge on any atom is 0.271 e. The first-order chi connectivity index (χ1) is 14.6. The van der Waals surface area contributed by atoms with Crippen molar-refractivity contribution in [3.63, 3.8) is 0 Å². The van der Waals surface area contributed by atoms with E-state index in [0.717, 1.165) is 37.3 Å². The monoisotopic (exact) mass is 408 g/mol. The van der Waals surface area contributed by atoms with Crippen molar-refractivity contribution >= 4 is 23.2 Å². The second kappa shape index (κ2) is 10.6. The molecule has 158 valence electrons. The molecule has 0 radical (unpaired) electrons. The summed E-state index contributed by atoms with van der Waals surface area (Å²) in [5.74, 6) is 6.49. The van der Waals surface area contributed by atoms with Gasteiger partial charge in [-0.25, -0.2) is 9.97 Å². The van der Waals surface area contributed by atoms with Gasteiger partial charge in [0.25, 0.3) is 5.91 Å². The number of amides is 1. The molecule has 1 aromatic carbocycles. The van der Waals surface area contributed by atoms with E-state index in [2.05, 4.69) is 37.8 Å². The predicted molar refractivity (Wildman–Crippen MR) is 118 cm³/mol.